The predicted octanol–water partition coefficient (Wildman–Crippen LogP) is -1.60. The van der Waals surface area contributed by atoms with Gasteiger partial charge in [0.2, 0.25) is 0 Å². The highest BCUT2D eigenvalue weighted by Gasteiger charge is 2.04. The number of benzene rings is 1. The van der Waals surface area contributed by atoms with Crippen LogP contribution < -0.4 is 11.1 Å². The summed E-state index contributed by atoms with van der Waals surface area (Å²) in [4.78, 5) is 0. The van der Waals surface area contributed by atoms with Gasteiger partial charge in [-0.15, -0.1) is 0 Å². The first-order chi connectivity index (χ1) is 6.83. The second kappa shape index (κ2) is 6.54. The first-order valence-corrected chi connectivity index (χ1v) is 5.16. The molecule has 1 atom stereocenters. The summed E-state index contributed by atoms with van der Waals surface area (Å²) < 4.78 is 0. The Bertz CT molecular complexity index is 238. The van der Waals surface area contributed by atoms with E-state index in [1.807, 2.05) is 6.07 Å². The molecule has 0 aliphatic heterocycles. The van der Waals surface area contributed by atoms with E-state index in [0.29, 0.717) is 6.54 Å². The fourth-order valence-electron chi connectivity index (χ4n) is 1.34. The molecule has 3 heteroatoms. The molecule has 0 spiro atoms. The summed E-state index contributed by atoms with van der Waals surface area (Å²) in [5.74, 6) is 0. The molecule has 0 aliphatic rings. The van der Waals surface area contributed by atoms with E-state index >= 15 is 0 Å². The van der Waals surface area contributed by atoms with Gasteiger partial charge >= 0.3 is 0 Å². The minimum Gasteiger partial charge on any atom is -0.382 e. The largest absolute Gasteiger partial charge is 0.382 e. The van der Waals surface area contributed by atoms with E-state index in [4.69, 9.17) is 0 Å². The summed E-state index contributed by atoms with van der Waals surface area (Å²) in [6, 6.07) is 10.4. The van der Waals surface area contributed by atoms with Gasteiger partial charge < -0.3 is 16.2 Å². The van der Waals surface area contributed by atoms with Crippen LogP contribution in [0.5, 0.6) is 0 Å². The fourth-order valence-corrected chi connectivity index (χ4v) is 1.34. The molecule has 78 valence electrons. The lowest BCUT2D eigenvalue weighted by atomic mass is 10.1. The first-order valence-electron chi connectivity index (χ1n) is 5.16. The lowest BCUT2D eigenvalue weighted by Gasteiger charge is -2.04. The lowest BCUT2D eigenvalue weighted by molar-refractivity contribution is -0.663. The second-order valence-corrected chi connectivity index (χ2v) is 3.49. The van der Waals surface area contributed by atoms with Gasteiger partial charge in [0.05, 0.1) is 6.54 Å². The Hall–Kier alpha value is -0.900. The van der Waals surface area contributed by atoms with Crippen molar-refractivity contribution in [1.82, 2.24) is 0 Å². The van der Waals surface area contributed by atoms with Crippen molar-refractivity contribution in [3.05, 3.63) is 35.9 Å². The smallest absolute Gasteiger partial charge is 0.151 e. The highest BCUT2D eigenvalue weighted by atomic mass is 16.3. The van der Waals surface area contributed by atoms with Crippen LogP contribution in [0.3, 0.4) is 0 Å². The highest BCUT2D eigenvalue weighted by molar-refractivity contribution is 5.14. The van der Waals surface area contributed by atoms with Gasteiger partial charge in [-0.3, -0.25) is 0 Å². The van der Waals surface area contributed by atoms with Crippen LogP contribution in [0.25, 0.3) is 0 Å². The van der Waals surface area contributed by atoms with E-state index in [9.17, 15) is 5.11 Å². The van der Waals surface area contributed by atoms with Gasteiger partial charge in [0.25, 0.3) is 0 Å². The molecule has 0 fully saturated rings. The van der Waals surface area contributed by atoms with Crippen molar-refractivity contribution >= 4 is 0 Å². The van der Waals surface area contributed by atoms with Crippen LogP contribution in [0.1, 0.15) is 5.56 Å². The number of aliphatic hydroxyl groups is 1. The number of quaternary nitrogens is 2. The minimum absolute atomic E-state index is 0.259. The summed E-state index contributed by atoms with van der Waals surface area (Å²) in [6.07, 6.45) is 0.802. The number of nitrogens with two attached hydrogens (primary N) is 1. The van der Waals surface area contributed by atoms with Crippen LogP contribution in [0.4, 0.5) is 0 Å². The Labute approximate surface area is 84.9 Å². The third-order valence-corrected chi connectivity index (χ3v) is 2.25. The van der Waals surface area contributed by atoms with E-state index in [1.165, 1.54) is 5.56 Å². The van der Waals surface area contributed by atoms with Crippen molar-refractivity contribution in [2.45, 2.75) is 12.5 Å². The number of aliphatic hydroxyl groups excluding tert-OH is 1. The Morgan fingerprint density at radius 2 is 2.00 bits per heavy atom. The molecule has 0 radical (unpaired) electrons. The summed E-state index contributed by atoms with van der Waals surface area (Å²) in [5.41, 5.74) is 5.01. The summed E-state index contributed by atoms with van der Waals surface area (Å²) >= 11 is 0. The van der Waals surface area contributed by atoms with E-state index in [0.717, 1.165) is 19.5 Å². The molecular weight excluding hydrogens is 176 g/mol. The van der Waals surface area contributed by atoms with E-state index in [-0.39, 0.29) is 6.10 Å². The topological polar surface area (TPSA) is 64.5 Å². The quantitative estimate of drug-likeness (QED) is 0.471. The van der Waals surface area contributed by atoms with Crippen molar-refractivity contribution in [2.24, 2.45) is 0 Å². The molecule has 0 amide bonds. The van der Waals surface area contributed by atoms with Crippen molar-refractivity contribution < 1.29 is 16.2 Å². The van der Waals surface area contributed by atoms with E-state index in [1.54, 1.807) is 0 Å². The maximum absolute atomic E-state index is 9.26. The molecule has 1 rings (SSSR count). The van der Waals surface area contributed by atoms with Gasteiger partial charge in [0, 0.05) is 6.42 Å². The van der Waals surface area contributed by atoms with Gasteiger partial charge in [-0.25, -0.2) is 0 Å². The molecule has 6 N–H and O–H groups in total. The maximum Gasteiger partial charge on any atom is 0.151 e. The van der Waals surface area contributed by atoms with Gasteiger partial charge in [0.1, 0.15) is 13.1 Å². The zero-order chi connectivity index (χ0) is 10.2. The Morgan fingerprint density at radius 1 is 1.29 bits per heavy atom. The van der Waals surface area contributed by atoms with Crippen LogP contribution in [-0.4, -0.2) is 30.8 Å². The zero-order valence-corrected chi connectivity index (χ0v) is 8.52. The monoisotopic (exact) mass is 196 g/mol. The number of hydrogen-bond acceptors (Lipinski definition) is 1. The molecule has 1 aromatic rings. The molecule has 0 bridgehead atoms. The Kier molecular flexibility index (Phi) is 5.22. The normalized spacial score (nSPS) is 12.7. The zero-order valence-electron chi connectivity index (χ0n) is 8.52. The first kappa shape index (κ1) is 11.2. The van der Waals surface area contributed by atoms with Crippen LogP contribution in [-0.2, 0) is 6.42 Å². The van der Waals surface area contributed by atoms with Crippen molar-refractivity contribution in [3.63, 3.8) is 0 Å². The summed E-state index contributed by atoms with van der Waals surface area (Å²) in [7, 11) is 0. The molecule has 1 aromatic carbocycles. The van der Waals surface area contributed by atoms with Crippen molar-refractivity contribution in [2.75, 3.05) is 19.6 Å². The SMILES string of the molecule is [NH3+]C[C@@H](O)C[NH2+]CCc1ccccc1. The van der Waals surface area contributed by atoms with Crippen LogP contribution in [0.15, 0.2) is 30.3 Å². The van der Waals surface area contributed by atoms with Crippen molar-refractivity contribution in [3.8, 4) is 0 Å². The van der Waals surface area contributed by atoms with Gasteiger partial charge in [-0.1, -0.05) is 30.3 Å². The highest BCUT2D eigenvalue weighted by Crippen LogP contribution is 1.96. The number of rotatable bonds is 6. The molecule has 0 saturated carbocycles. The Balaban J connectivity index is 2.10. The Morgan fingerprint density at radius 3 is 2.64 bits per heavy atom. The molecule has 0 heterocycles. The predicted molar refractivity (Wildman–Crippen MR) is 55.6 cm³/mol. The maximum atomic E-state index is 9.26. The van der Waals surface area contributed by atoms with Gasteiger partial charge in [-0.05, 0) is 5.56 Å². The third kappa shape index (κ3) is 4.37. The van der Waals surface area contributed by atoms with E-state index < -0.39 is 0 Å². The van der Waals surface area contributed by atoms with Crippen LogP contribution in [0, 0.1) is 0 Å². The summed E-state index contributed by atoms with van der Waals surface area (Å²) in [5, 5.41) is 11.4. The summed E-state index contributed by atoms with van der Waals surface area (Å²) in [6.45, 7) is 2.39. The molecule has 0 aliphatic carbocycles. The third-order valence-electron chi connectivity index (χ3n) is 2.25. The average Bonchev–Trinajstić information content (AvgIpc) is 2.25. The van der Waals surface area contributed by atoms with Crippen molar-refractivity contribution in [1.29, 1.82) is 0 Å². The van der Waals surface area contributed by atoms with Gasteiger partial charge in [-0.2, -0.15) is 0 Å². The van der Waals surface area contributed by atoms with Crippen LogP contribution in [0.2, 0.25) is 0 Å². The second-order valence-electron chi connectivity index (χ2n) is 3.49. The van der Waals surface area contributed by atoms with Gasteiger partial charge in [0.15, 0.2) is 6.10 Å². The standard InChI is InChI=1S/C11H18N2O/c12-8-11(14)9-13-7-6-10-4-2-1-3-5-10/h1-5,11,13-14H,6-9,12H2/p+2/t11-/m1/s1. The molecule has 0 saturated heterocycles. The average molecular weight is 196 g/mol. The minimum atomic E-state index is -0.259. The molecular formula is C11H20N2O+2. The van der Waals surface area contributed by atoms with E-state index in [2.05, 4.69) is 35.3 Å². The molecule has 0 aromatic heterocycles. The number of hydrogen-bond donors (Lipinski definition) is 3. The lowest BCUT2D eigenvalue weighted by Crippen LogP contribution is -2.88. The molecule has 14 heavy (non-hydrogen) atoms. The fraction of sp³-hybridized carbons (Fsp3) is 0.455. The molecule has 0 unspecified atom stereocenters. The molecule has 3 nitrogen and oxygen atoms in total. The van der Waals surface area contributed by atoms with Crippen LogP contribution >= 0.6 is 0 Å².